The number of benzene rings is 2. The highest BCUT2D eigenvalue weighted by Gasteiger charge is 2.14. The molecule has 4 rings (SSSR count). The number of thiazole rings is 1. The first-order valence-corrected chi connectivity index (χ1v) is 10.4. The summed E-state index contributed by atoms with van der Waals surface area (Å²) >= 11 is 1.39. The van der Waals surface area contributed by atoms with E-state index in [0.29, 0.717) is 34.6 Å². The van der Waals surface area contributed by atoms with E-state index in [0.717, 1.165) is 16.8 Å². The monoisotopic (exact) mass is 423 g/mol. The van der Waals surface area contributed by atoms with Gasteiger partial charge in [0.15, 0.2) is 4.96 Å². The number of hydrogen-bond acceptors (Lipinski definition) is 6. The van der Waals surface area contributed by atoms with Crippen molar-refractivity contribution in [1.82, 2.24) is 14.7 Å². The topological polar surface area (TPSA) is 92.9 Å². The Morgan fingerprint density at radius 2 is 2.00 bits per heavy atom. The molecule has 0 fully saturated rings. The number of hydrogen-bond donors (Lipinski definition) is 2. The number of rotatable bonds is 7. The molecule has 0 aliphatic rings. The maximum atomic E-state index is 13.2. The van der Waals surface area contributed by atoms with Gasteiger partial charge in [-0.15, -0.1) is 11.3 Å². The van der Waals surface area contributed by atoms with E-state index in [1.54, 1.807) is 22.6 Å². The van der Waals surface area contributed by atoms with Crippen LogP contribution in [0.1, 0.15) is 15.9 Å². The normalized spacial score (nSPS) is 11.3. The van der Waals surface area contributed by atoms with Gasteiger partial charge in [0.1, 0.15) is 0 Å². The third kappa shape index (κ3) is 3.97. The van der Waals surface area contributed by atoms with Gasteiger partial charge in [-0.3, -0.25) is 14.0 Å². The first kappa shape index (κ1) is 20.2. The van der Waals surface area contributed by atoms with Gasteiger partial charge in [0.25, 0.3) is 11.5 Å². The molecule has 0 spiro atoms. The molecular formula is C22H21N3O4S. The SMILES string of the molecule is Cc1ccc(-c2csc3nc4cc(C(=O)NCCOCCO)ccc4c(=O)n23)cc1. The van der Waals surface area contributed by atoms with E-state index in [1.165, 1.54) is 11.3 Å². The molecule has 1 amide bonds. The molecule has 0 saturated heterocycles. The molecule has 7 nitrogen and oxygen atoms in total. The molecule has 8 heteroatoms. The second kappa shape index (κ2) is 8.74. The molecule has 0 atom stereocenters. The average molecular weight is 423 g/mol. The zero-order valence-corrected chi connectivity index (χ0v) is 17.2. The number of fused-ring (bicyclic) bond motifs is 2. The summed E-state index contributed by atoms with van der Waals surface area (Å²) in [6.45, 7) is 2.85. The molecule has 0 radical (unpaired) electrons. The van der Waals surface area contributed by atoms with Crippen molar-refractivity contribution in [2.24, 2.45) is 0 Å². The Bertz CT molecular complexity index is 1260. The van der Waals surface area contributed by atoms with Gasteiger partial charge in [0.2, 0.25) is 0 Å². The van der Waals surface area contributed by atoms with Crippen molar-refractivity contribution < 1.29 is 14.6 Å². The smallest absolute Gasteiger partial charge is 0.266 e. The average Bonchev–Trinajstić information content (AvgIpc) is 3.18. The number of carbonyl (C=O) groups excluding carboxylic acids is 1. The summed E-state index contributed by atoms with van der Waals surface area (Å²) in [6.07, 6.45) is 0. The van der Waals surface area contributed by atoms with Crippen molar-refractivity contribution in [3.8, 4) is 11.3 Å². The molecule has 2 heterocycles. The summed E-state index contributed by atoms with van der Waals surface area (Å²) in [7, 11) is 0. The van der Waals surface area contributed by atoms with Crippen LogP contribution in [0, 0.1) is 6.92 Å². The van der Waals surface area contributed by atoms with Gasteiger partial charge in [0.05, 0.1) is 36.4 Å². The zero-order chi connectivity index (χ0) is 21.1. The van der Waals surface area contributed by atoms with Gasteiger partial charge < -0.3 is 15.2 Å². The predicted octanol–water partition coefficient (Wildman–Crippen LogP) is 2.62. The highest BCUT2D eigenvalue weighted by Crippen LogP contribution is 2.25. The van der Waals surface area contributed by atoms with Crippen LogP contribution >= 0.6 is 11.3 Å². The van der Waals surface area contributed by atoms with Gasteiger partial charge in [0, 0.05) is 17.5 Å². The number of nitrogens with one attached hydrogen (secondary N) is 1. The van der Waals surface area contributed by atoms with Gasteiger partial charge in [-0.25, -0.2) is 4.98 Å². The largest absolute Gasteiger partial charge is 0.394 e. The predicted molar refractivity (Wildman–Crippen MR) is 117 cm³/mol. The van der Waals surface area contributed by atoms with Crippen LogP contribution in [0.5, 0.6) is 0 Å². The van der Waals surface area contributed by atoms with Crippen molar-refractivity contribution in [3.63, 3.8) is 0 Å². The van der Waals surface area contributed by atoms with E-state index in [-0.39, 0.29) is 24.7 Å². The molecule has 0 unspecified atom stereocenters. The lowest BCUT2D eigenvalue weighted by Crippen LogP contribution is -2.27. The molecular weight excluding hydrogens is 402 g/mol. The minimum absolute atomic E-state index is 0.0529. The summed E-state index contributed by atoms with van der Waals surface area (Å²) in [6, 6.07) is 12.9. The lowest BCUT2D eigenvalue weighted by atomic mass is 10.1. The Hall–Kier alpha value is -3.07. The van der Waals surface area contributed by atoms with Crippen LogP contribution < -0.4 is 10.9 Å². The van der Waals surface area contributed by atoms with E-state index in [1.807, 2.05) is 36.6 Å². The molecule has 0 aliphatic heterocycles. The molecule has 0 saturated carbocycles. The fourth-order valence-corrected chi connectivity index (χ4v) is 4.08. The van der Waals surface area contributed by atoms with Crippen LogP contribution in [0.2, 0.25) is 0 Å². The van der Waals surface area contributed by atoms with Crippen LogP contribution in [0.25, 0.3) is 27.1 Å². The molecule has 30 heavy (non-hydrogen) atoms. The minimum atomic E-state index is -0.266. The highest BCUT2D eigenvalue weighted by atomic mass is 32.1. The van der Waals surface area contributed by atoms with Gasteiger partial charge in [-0.05, 0) is 30.7 Å². The molecule has 0 aliphatic carbocycles. The van der Waals surface area contributed by atoms with Gasteiger partial charge in [-0.1, -0.05) is 29.8 Å². The summed E-state index contributed by atoms with van der Waals surface area (Å²) in [4.78, 5) is 30.7. The number of aliphatic hydroxyl groups is 1. The number of ether oxygens (including phenoxy) is 1. The maximum absolute atomic E-state index is 13.2. The Morgan fingerprint density at radius 3 is 2.77 bits per heavy atom. The fourth-order valence-electron chi connectivity index (χ4n) is 3.19. The number of aromatic nitrogens is 2. The van der Waals surface area contributed by atoms with E-state index >= 15 is 0 Å². The maximum Gasteiger partial charge on any atom is 0.266 e. The quantitative estimate of drug-likeness (QED) is 0.446. The van der Waals surface area contributed by atoms with Crippen LogP contribution in [0.3, 0.4) is 0 Å². The number of nitrogens with zero attached hydrogens (tertiary/aromatic N) is 2. The lowest BCUT2D eigenvalue weighted by Gasteiger charge is -2.07. The number of aryl methyl sites for hydroxylation is 1. The number of aliphatic hydroxyl groups excluding tert-OH is 1. The summed E-state index contributed by atoms with van der Waals surface area (Å²) in [5, 5.41) is 13.8. The van der Waals surface area contributed by atoms with E-state index in [2.05, 4.69) is 10.3 Å². The second-order valence-corrected chi connectivity index (χ2v) is 7.68. The Labute approximate surface area is 176 Å². The van der Waals surface area contributed by atoms with Gasteiger partial charge >= 0.3 is 0 Å². The van der Waals surface area contributed by atoms with E-state index in [9.17, 15) is 9.59 Å². The van der Waals surface area contributed by atoms with Crippen LogP contribution in [-0.4, -0.2) is 46.8 Å². The Kier molecular flexibility index (Phi) is 5.89. The third-order valence-electron chi connectivity index (χ3n) is 4.73. The summed E-state index contributed by atoms with van der Waals surface area (Å²) in [5.74, 6) is -0.266. The Balaban J connectivity index is 1.66. The molecule has 2 aromatic heterocycles. The summed E-state index contributed by atoms with van der Waals surface area (Å²) < 4.78 is 6.75. The first-order chi connectivity index (χ1) is 14.6. The fraction of sp³-hybridized carbons (Fsp3) is 0.227. The molecule has 2 N–H and O–H groups in total. The molecule has 0 bridgehead atoms. The molecule has 2 aromatic carbocycles. The van der Waals surface area contributed by atoms with Crippen molar-refractivity contribution >= 4 is 33.1 Å². The lowest BCUT2D eigenvalue weighted by molar-refractivity contribution is 0.0838. The van der Waals surface area contributed by atoms with Crippen LogP contribution in [0.4, 0.5) is 0 Å². The zero-order valence-electron chi connectivity index (χ0n) is 16.4. The second-order valence-electron chi connectivity index (χ2n) is 6.85. The van der Waals surface area contributed by atoms with E-state index in [4.69, 9.17) is 9.84 Å². The van der Waals surface area contributed by atoms with Crippen LogP contribution in [0.15, 0.2) is 52.6 Å². The standard InChI is InChI=1S/C22H21N3O4S/c1-14-2-4-15(5-3-14)19-13-30-22-24-18-12-16(6-7-17(18)21(28)25(19)22)20(27)23-8-10-29-11-9-26/h2-7,12-13,26H,8-11H2,1H3,(H,23,27). The van der Waals surface area contributed by atoms with Crippen LogP contribution in [-0.2, 0) is 4.74 Å². The first-order valence-electron chi connectivity index (χ1n) is 9.56. The molecule has 154 valence electrons. The van der Waals surface area contributed by atoms with Gasteiger partial charge in [-0.2, -0.15) is 0 Å². The van der Waals surface area contributed by atoms with E-state index < -0.39 is 0 Å². The molecule has 4 aromatic rings. The summed E-state index contributed by atoms with van der Waals surface area (Å²) in [5.41, 5.74) is 3.67. The van der Waals surface area contributed by atoms with Crippen molar-refractivity contribution in [1.29, 1.82) is 0 Å². The van der Waals surface area contributed by atoms with Crippen molar-refractivity contribution in [2.75, 3.05) is 26.4 Å². The Morgan fingerprint density at radius 1 is 1.20 bits per heavy atom. The highest BCUT2D eigenvalue weighted by molar-refractivity contribution is 7.15. The minimum Gasteiger partial charge on any atom is -0.394 e. The van der Waals surface area contributed by atoms with Crippen molar-refractivity contribution in [2.45, 2.75) is 6.92 Å². The number of amides is 1. The third-order valence-corrected chi connectivity index (χ3v) is 5.56. The van der Waals surface area contributed by atoms with Crippen molar-refractivity contribution in [3.05, 3.63) is 69.3 Å². The number of carbonyl (C=O) groups is 1.